The van der Waals surface area contributed by atoms with Gasteiger partial charge in [0.05, 0.1) is 19.1 Å². The first-order valence-electron chi connectivity index (χ1n) is 9.04. The van der Waals surface area contributed by atoms with Gasteiger partial charge in [-0.25, -0.2) is 4.79 Å². The predicted molar refractivity (Wildman–Crippen MR) is 101 cm³/mol. The van der Waals surface area contributed by atoms with Gasteiger partial charge in [-0.1, -0.05) is 27.7 Å². The topological polar surface area (TPSA) is 103 Å². The van der Waals surface area contributed by atoms with Gasteiger partial charge in [0.1, 0.15) is 0 Å². The molecular formula is C19H28N2O6. The summed E-state index contributed by atoms with van der Waals surface area (Å²) in [5, 5.41) is 4.63. The monoisotopic (exact) mass is 380 g/mol. The quantitative estimate of drug-likeness (QED) is 0.605. The summed E-state index contributed by atoms with van der Waals surface area (Å²) >= 11 is 0. The summed E-state index contributed by atoms with van der Waals surface area (Å²) in [7, 11) is 0. The van der Waals surface area contributed by atoms with Gasteiger partial charge in [-0.2, -0.15) is 0 Å². The van der Waals surface area contributed by atoms with E-state index in [0.717, 1.165) is 12.8 Å². The number of urea groups is 1. The second-order valence-corrected chi connectivity index (χ2v) is 6.12. The van der Waals surface area contributed by atoms with Crippen molar-refractivity contribution in [3.63, 3.8) is 0 Å². The molecule has 8 nitrogen and oxygen atoms in total. The SMILES string of the molecule is CCCOc1ccc(NC(=O)NC(=O)COC(=O)C(C)C)cc1OCCC. The summed E-state index contributed by atoms with van der Waals surface area (Å²) in [6.45, 7) is 7.84. The Bertz CT molecular complexity index is 645. The van der Waals surface area contributed by atoms with Crippen molar-refractivity contribution in [3.8, 4) is 11.5 Å². The van der Waals surface area contributed by atoms with Gasteiger partial charge < -0.3 is 19.5 Å². The minimum absolute atomic E-state index is 0.346. The maximum absolute atomic E-state index is 11.9. The zero-order valence-electron chi connectivity index (χ0n) is 16.3. The van der Waals surface area contributed by atoms with Crippen LogP contribution < -0.4 is 20.1 Å². The van der Waals surface area contributed by atoms with Crippen LogP contribution in [0, 0.1) is 5.92 Å². The highest BCUT2D eigenvalue weighted by molar-refractivity contribution is 6.02. The molecule has 1 aromatic carbocycles. The van der Waals surface area contributed by atoms with Gasteiger partial charge in [0.15, 0.2) is 18.1 Å². The summed E-state index contributed by atoms with van der Waals surface area (Å²) in [4.78, 5) is 34.9. The number of hydrogen-bond donors (Lipinski definition) is 2. The van der Waals surface area contributed by atoms with Crippen LogP contribution in [0.3, 0.4) is 0 Å². The third kappa shape index (κ3) is 8.44. The Morgan fingerprint density at radius 2 is 1.63 bits per heavy atom. The molecule has 0 aromatic heterocycles. The van der Waals surface area contributed by atoms with E-state index < -0.39 is 24.5 Å². The number of carbonyl (C=O) groups is 3. The number of amides is 3. The van der Waals surface area contributed by atoms with Crippen molar-refractivity contribution >= 4 is 23.6 Å². The van der Waals surface area contributed by atoms with Crippen molar-refractivity contribution in [2.24, 2.45) is 5.92 Å². The van der Waals surface area contributed by atoms with Gasteiger partial charge in [-0.05, 0) is 25.0 Å². The number of benzene rings is 1. The number of esters is 1. The molecule has 2 N–H and O–H groups in total. The van der Waals surface area contributed by atoms with Gasteiger partial charge in [-0.3, -0.25) is 14.9 Å². The lowest BCUT2D eigenvalue weighted by molar-refractivity contribution is -0.151. The first-order valence-corrected chi connectivity index (χ1v) is 9.04. The summed E-state index contributed by atoms with van der Waals surface area (Å²) in [5.74, 6) is -0.465. The molecule has 0 atom stereocenters. The Labute approximate surface area is 159 Å². The van der Waals surface area contributed by atoms with Crippen LogP contribution in [0.5, 0.6) is 11.5 Å². The first kappa shape index (κ1) is 22.3. The molecule has 0 aliphatic carbocycles. The number of imide groups is 1. The number of hydrogen-bond acceptors (Lipinski definition) is 6. The smallest absolute Gasteiger partial charge is 0.325 e. The van der Waals surface area contributed by atoms with Crippen LogP contribution in [0.4, 0.5) is 10.5 Å². The van der Waals surface area contributed by atoms with E-state index in [1.165, 1.54) is 0 Å². The second kappa shape index (κ2) is 11.8. The molecule has 0 saturated heterocycles. The highest BCUT2D eigenvalue weighted by Gasteiger charge is 2.14. The highest BCUT2D eigenvalue weighted by atomic mass is 16.5. The molecule has 1 rings (SSSR count). The van der Waals surface area contributed by atoms with E-state index in [0.29, 0.717) is 30.4 Å². The fourth-order valence-electron chi connectivity index (χ4n) is 1.87. The zero-order chi connectivity index (χ0) is 20.2. The minimum atomic E-state index is -0.732. The Kier molecular flexibility index (Phi) is 9.71. The Hall–Kier alpha value is -2.77. The molecule has 8 heteroatoms. The van der Waals surface area contributed by atoms with Crippen molar-refractivity contribution in [3.05, 3.63) is 18.2 Å². The molecule has 0 spiro atoms. The largest absolute Gasteiger partial charge is 0.490 e. The average molecular weight is 380 g/mol. The molecule has 0 aliphatic heterocycles. The van der Waals surface area contributed by atoms with E-state index in [-0.39, 0.29) is 5.92 Å². The number of carbonyl (C=O) groups excluding carboxylic acids is 3. The van der Waals surface area contributed by atoms with Crippen molar-refractivity contribution in [2.75, 3.05) is 25.1 Å². The van der Waals surface area contributed by atoms with Gasteiger partial charge >= 0.3 is 12.0 Å². The van der Waals surface area contributed by atoms with Crippen LogP contribution in [-0.2, 0) is 14.3 Å². The molecule has 1 aromatic rings. The van der Waals surface area contributed by atoms with Crippen molar-refractivity contribution in [2.45, 2.75) is 40.5 Å². The van der Waals surface area contributed by atoms with Crippen LogP contribution in [0.25, 0.3) is 0 Å². The van der Waals surface area contributed by atoms with E-state index in [2.05, 4.69) is 10.6 Å². The average Bonchev–Trinajstić information content (AvgIpc) is 2.63. The standard InChI is InChI=1S/C19H28N2O6/c1-5-9-25-15-8-7-14(11-16(15)26-10-6-2)20-19(24)21-17(22)12-27-18(23)13(3)4/h7-8,11,13H,5-6,9-10,12H2,1-4H3,(H2,20,21,22,24). The van der Waals surface area contributed by atoms with Crippen LogP contribution in [0.15, 0.2) is 18.2 Å². The van der Waals surface area contributed by atoms with Gasteiger partial charge in [0, 0.05) is 11.8 Å². The molecule has 0 unspecified atom stereocenters. The lowest BCUT2D eigenvalue weighted by Gasteiger charge is -2.14. The molecule has 0 fully saturated rings. The number of nitrogens with one attached hydrogen (secondary N) is 2. The van der Waals surface area contributed by atoms with Crippen LogP contribution in [0.1, 0.15) is 40.5 Å². The molecule has 0 bridgehead atoms. The normalized spacial score (nSPS) is 10.3. The molecule has 27 heavy (non-hydrogen) atoms. The number of ether oxygens (including phenoxy) is 3. The summed E-state index contributed by atoms with van der Waals surface area (Å²) < 4.78 is 16.0. The Morgan fingerprint density at radius 1 is 1.00 bits per heavy atom. The highest BCUT2D eigenvalue weighted by Crippen LogP contribution is 2.30. The molecule has 0 saturated carbocycles. The third-order valence-electron chi connectivity index (χ3n) is 3.19. The van der Waals surface area contributed by atoms with Crippen LogP contribution in [-0.4, -0.2) is 37.7 Å². The number of anilines is 1. The van der Waals surface area contributed by atoms with E-state index >= 15 is 0 Å². The summed E-state index contributed by atoms with van der Waals surface area (Å²) in [6, 6.07) is 4.24. The maximum Gasteiger partial charge on any atom is 0.325 e. The predicted octanol–water partition coefficient (Wildman–Crippen LogP) is 3.11. The lowest BCUT2D eigenvalue weighted by atomic mass is 10.2. The maximum atomic E-state index is 11.9. The molecular weight excluding hydrogens is 352 g/mol. The first-order chi connectivity index (χ1) is 12.9. The fourth-order valence-corrected chi connectivity index (χ4v) is 1.87. The van der Waals surface area contributed by atoms with Gasteiger partial charge in [0.2, 0.25) is 0 Å². The second-order valence-electron chi connectivity index (χ2n) is 6.12. The van der Waals surface area contributed by atoms with Crippen molar-refractivity contribution in [1.82, 2.24) is 5.32 Å². The molecule has 0 heterocycles. The fraction of sp³-hybridized carbons (Fsp3) is 0.526. The van der Waals surface area contributed by atoms with Crippen LogP contribution in [0.2, 0.25) is 0 Å². The van der Waals surface area contributed by atoms with E-state index in [4.69, 9.17) is 14.2 Å². The summed E-state index contributed by atoms with van der Waals surface area (Å²) in [5.41, 5.74) is 0.439. The zero-order valence-corrected chi connectivity index (χ0v) is 16.3. The Morgan fingerprint density at radius 3 is 2.22 bits per heavy atom. The Balaban J connectivity index is 2.64. The van der Waals surface area contributed by atoms with Gasteiger partial charge in [-0.15, -0.1) is 0 Å². The van der Waals surface area contributed by atoms with Crippen molar-refractivity contribution in [1.29, 1.82) is 0 Å². The van der Waals surface area contributed by atoms with E-state index in [9.17, 15) is 14.4 Å². The minimum Gasteiger partial charge on any atom is -0.490 e. The van der Waals surface area contributed by atoms with E-state index in [1.807, 2.05) is 13.8 Å². The molecule has 150 valence electrons. The van der Waals surface area contributed by atoms with E-state index in [1.54, 1.807) is 32.0 Å². The summed E-state index contributed by atoms with van der Waals surface area (Å²) in [6.07, 6.45) is 1.69. The van der Waals surface area contributed by atoms with Crippen LogP contribution >= 0.6 is 0 Å². The third-order valence-corrected chi connectivity index (χ3v) is 3.19. The van der Waals surface area contributed by atoms with Gasteiger partial charge in [0.25, 0.3) is 5.91 Å². The molecule has 0 aliphatic rings. The molecule has 0 radical (unpaired) electrons. The number of rotatable bonds is 10. The lowest BCUT2D eigenvalue weighted by Crippen LogP contribution is -2.37. The van der Waals surface area contributed by atoms with Crippen molar-refractivity contribution < 1.29 is 28.6 Å². The molecule has 3 amide bonds.